The Kier molecular flexibility index (Phi) is 8.19. The molecular formula is C19H39N3. The van der Waals surface area contributed by atoms with E-state index in [9.17, 15) is 0 Å². The highest BCUT2D eigenvalue weighted by molar-refractivity contribution is 4.81. The highest BCUT2D eigenvalue weighted by Crippen LogP contribution is 2.21. The first-order valence-electron chi connectivity index (χ1n) is 9.88. The van der Waals surface area contributed by atoms with Gasteiger partial charge in [0.1, 0.15) is 0 Å². The topological polar surface area (TPSA) is 18.5 Å². The Labute approximate surface area is 138 Å². The van der Waals surface area contributed by atoms with Crippen LogP contribution in [-0.4, -0.2) is 61.2 Å². The standard InChI is InChI=1S/C19H39N3/c1-4-5-6-11-20-19-9-12-21(13-10-19)16-18-7-14-22(15-8-18)17(2)3/h17-20H,4-16H2,1-3H3. The van der Waals surface area contributed by atoms with Gasteiger partial charge in [-0.15, -0.1) is 0 Å². The van der Waals surface area contributed by atoms with Crippen LogP contribution in [0.1, 0.15) is 65.7 Å². The van der Waals surface area contributed by atoms with Gasteiger partial charge in [0.25, 0.3) is 0 Å². The van der Waals surface area contributed by atoms with Crippen molar-refractivity contribution in [1.82, 2.24) is 15.1 Å². The molecule has 0 bridgehead atoms. The molecule has 0 aromatic carbocycles. The normalized spacial score (nSPS) is 23.5. The number of hydrogen-bond donors (Lipinski definition) is 1. The zero-order valence-corrected chi connectivity index (χ0v) is 15.3. The molecule has 3 nitrogen and oxygen atoms in total. The van der Waals surface area contributed by atoms with Gasteiger partial charge in [0, 0.05) is 18.6 Å². The third-order valence-electron chi connectivity index (χ3n) is 5.70. The van der Waals surface area contributed by atoms with E-state index in [4.69, 9.17) is 0 Å². The summed E-state index contributed by atoms with van der Waals surface area (Å²) >= 11 is 0. The second kappa shape index (κ2) is 9.89. The van der Waals surface area contributed by atoms with Gasteiger partial charge in [-0.2, -0.15) is 0 Å². The zero-order chi connectivity index (χ0) is 15.8. The fourth-order valence-corrected chi connectivity index (χ4v) is 4.02. The molecule has 22 heavy (non-hydrogen) atoms. The van der Waals surface area contributed by atoms with E-state index < -0.39 is 0 Å². The maximum absolute atomic E-state index is 3.77. The molecule has 2 saturated heterocycles. The van der Waals surface area contributed by atoms with Gasteiger partial charge in [0.2, 0.25) is 0 Å². The number of nitrogens with one attached hydrogen (secondary N) is 1. The Morgan fingerprint density at radius 3 is 2.23 bits per heavy atom. The van der Waals surface area contributed by atoms with E-state index in [0.717, 1.165) is 18.0 Å². The van der Waals surface area contributed by atoms with Gasteiger partial charge in [0.15, 0.2) is 0 Å². The SMILES string of the molecule is CCCCCNC1CCN(CC2CCN(C(C)C)CC2)CC1. The van der Waals surface area contributed by atoms with Gasteiger partial charge in [-0.05, 0) is 84.6 Å². The summed E-state index contributed by atoms with van der Waals surface area (Å²) in [5.74, 6) is 0.948. The average Bonchev–Trinajstić information content (AvgIpc) is 2.54. The van der Waals surface area contributed by atoms with Gasteiger partial charge in [-0.3, -0.25) is 0 Å². The summed E-state index contributed by atoms with van der Waals surface area (Å²) in [7, 11) is 0. The highest BCUT2D eigenvalue weighted by Gasteiger charge is 2.25. The quantitative estimate of drug-likeness (QED) is 0.694. The fourth-order valence-electron chi connectivity index (χ4n) is 4.02. The van der Waals surface area contributed by atoms with Crippen molar-refractivity contribution in [3.05, 3.63) is 0 Å². The summed E-state index contributed by atoms with van der Waals surface area (Å²) in [5, 5.41) is 3.77. The molecule has 130 valence electrons. The van der Waals surface area contributed by atoms with E-state index >= 15 is 0 Å². The number of likely N-dealkylation sites (tertiary alicyclic amines) is 2. The van der Waals surface area contributed by atoms with Crippen LogP contribution in [-0.2, 0) is 0 Å². The maximum atomic E-state index is 3.77. The molecule has 1 N–H and O–H groups in total. The van der Waals surface area contributed by atoms with Crippen LogP contribution in [0, 0.1) is 5.92 Å². The van der Waals surface area contributed by atoms with E-state index in [0.29, 0.717) is 0 Å². The van der Waals surface area contributed by atoms with Crippen molar-refractivity contribution in [3.63, 3.8) is 0 Å². The summed E-state index contributed by atoms with van der Waals surface area (Å²) < 4.78 is 0. The van der Waals surface area contributed by atoms with Crippen molar-refractivity contribution in [2.24, 2.45) is 5.92 Å². The minimum absolute atomic E-state index is 0.732. The Hall–Kier alpha value is -0.120. The van der Waals surface area contributed by atoms with Crippen LogP contribution in [0.4, 0.5) is 0 Å². The maximum Gasteiger partial charge on any atom is 0.00914 e. The molecule has 2 aliphatic rings. The smallest absolute Gasteiger partial charge is 0.00914 e. The minimum atomic E-state index is 0.732. The molecule has 0 unspecified atom stereocenters. The summed E-state index contributed by atoms with van der Waals surface area (Å²) in [6, 6.07) is 1.52. The minimum Gasteiger partial charge on any atom is -0.314 e. The summed E-state index contributed by atoms with van der Waals surface area (Å²) in [6.45, 7) is 14.8. The molecule has 0 amide bonds. The van der Waals surface area contributed by atoms with Crippen molar-refractivity contribution >= 4 is 0 Å². The van der Waals surface area contributed by atoms with E-state index in [1.807, 2.05) is 0 Å². The summed E-state index contributed by atoms with van der Waals surface area (Å²) in [5.41, 5.74) is 0. The molecule has 2 fully saturated rings. The predicted molar refractivity (Wildman–Crippen MR) is 96.4 cm³/mol. The van der Waals surface area contributed by atoms with Gasteiger partial charge < -0.3 is 15.1 Å². The van der Waals surface area contributed by atoms with Crippen LogP contribution in [0.15, 0.2) is 0 Å². The first-order chi connectivity index (χ1) is 10.7. The molecule has 2 aliphatic heterocycles. The lowest BCUT2D eigenvalue weighted by atomic mass is 9.94. The highest BCUT2D eigenvalue weighted by atomic mass is 15.2. The molecule has 0 aromatic rings. The van der Waals surface area contributed by atoms with Gasteiger partial charge >= 0.3 is 0 Å². The van der Waals surface area contributed by atoms with Crippen LogP contribution in [0.3, 0.4) is 0 Å². The van der Waals surface area contributed by atoms with Crippen LogP contribution >= 0.6 is 0 Å². The molecule has 2 heterocycles. The second-order valence-corrected chi connectivity index (χ2v) is 7.81. The van der Waals surface area contributed by atoms with Gasteiger partial charge in [0.05, 0.1) is 0 Å². The van der Waals surface area contributed by atoms with Crippen LogP contribution in [0.2, 0.25) is 0 Å². The zero-order valence-electron chi connectivity index (χ0n) is 15.3. The summed E-state index contributed by atoms with van der Waals surface area (Å²) in [4.78, 5) is 5.38. The summed E-state index contributed by atoms with van der Waals surface area (Å²) in [6.07, 6.45) is 9.59. The van der Waals surface area contributed by atoms with Crippen LogP contribution in [0.5, 0.6) is 0 Å². The van der Waals surface area contributed by atoms with E-state index in [1.165, 1.54) is 84.2 Å². The first-order valence-corrected chi connectivity index (χ1v) is 9.88. The number of piperidine rings is 2. The number of hydrogen-bond acceptors (Lipinski definition) is 3. The third kappa shape index (κ3) is 6.17. The van der Waals surface area contributed by atoms with Crippen molar-refractivity contribution in [3.8, 4) is 0 Å². The second-order valence-electron chi connectivity index (χ2n) is 7.81. The lowest BCUT2D eigenvalue weighted by Gasteiger charge is -2.39. The largest absolute Gasteiger partial charge is 0.314 e. The molecule has 0 aromatic heterocycles. The molecule has 0 saturated carbocycles. The molecule has 2 rings (SSSR count). The monoisotopic (exact) mass is 309 g/mol. The first kappa shape index (κ1) is 18.2. The van der Waals surface area contributed by atoms with Crippen LogP contribution in [0.25, 0.3) is 0 Å². The molecule has 0 atom stereocenters. The Morgan fingerprint density at radius 1 is 0.955 bits per heavy atom. The number of rotatable bonds is 8. The lowest BCUT2D eigenvalue weighted by Crippen LogP contribution is -2.46. The molecule has 0 radical (unpaired) electrons. The molecule has 0 spiro atoms. The molecule has 0 aliphatic carbocycles. The van der Waals surface area contributed by atoms with E-state index in [2.05, 4.69) is 35.9 Å². The van der Waals surface area contributed by atoms with Gasteiger partial charge in [-0.1, -0.05) is 19.8 Å². The molecule has 3 heteroatoms. The average molecular weight is 310 g/mol. The van der Waals surface area contributed by atoms with Crippen molar-refractivity contribution in [1.29, 1.82) is 0 Å². The number of unbranched alkanes of at least 4 members (excludes halogenated alkanes) is 2. The molecular weight excluding hydrogens is 270 g/mol. The van der Waals surface area contributed by atoms with Crippen LogP contribution < -0.4 is 5.32 Å². The van der Waals surface area contributed by atoms with E-state index in [-0.39, 0.29) is 0 Å². The Morgan fingerprint density at radius 2 is 1.64 bits per heavy atom. The van der Waals surface area contributed by atoms with E-state index in [1.54, 1.807) is 0 Å². The fraction of sp³-hybridized carbons (Fsp3) is 1.00. The Bertz CT molecular complexity index is 276. The Balaban J connectivity index is 1.56. The van der Waals surface area contributed by atoms with Gasteiger partial charge in [-0.25, -0.2) is 0 Å². The third-order valence-corrected chi connectivity index (χ3v) is 5.70. The van der Waals surface area contributed by atoms with Crippen molar-refractivity contribution < 1.29 is 0 Å². The lowest BCUT2D eigenvalue weighted by molar-refractivity contribution is 0.108. The predicted octanol–water partition coefficient (Wildman–Crippen LogP) is 3.35. The van der Waals surface area contributed by atoms with Crippen molar-refractivity contribution in [2.75, 3.05) is 39.3 Å². The number of nitrogens with zero attached hydrogens (tertiary/aromatic N) is 2. The van der Waals surface area contributed by atoms with Crippen molar-refractivity contribution in [2.45, 2.75) is 77.8 Å².